The van der Waals surface area contributed by atoms with E-state index in [4.69, 9.17) is 11.6 Å². The minimum atomic E-state index is -3.76. The summed E-state index contributed by atoms with van der Waals surface area (Å²) in [6.07, 6.45) is 0. The minimum Gasteiger partial charge on any atom is -0.255 e. The Bertz CT molecular complexity index is 892. The highest BCUT2D eigenvalue weighted by Crippen LogP contribution is 2.30. The molecule has 0 fully saturated rings. The molecule has 1 heterocycles. The molecule has 0 aliphatic rings. The van der Waals surface area contributed by atoms with Crippen LogP contribution in [0.1, 0.15) is 0 Å². The first-order chi connectivity index (χ1) is 9.95. The second-order valence-electron chi connectivity index (χ2n) is 4.17. The number of anilines is 1. The van der Waals surface area contributed by atoms with E-state index >= 15 is 0 Å². The first-order valence-corrected chi connectivity index (χ1v) is 9.26. The molecule has 8 heteroatoms. The van der Waals surface area contributed by atoms with Gasteiger partial charge < -0.3 is 0 Å². The lowest BCUT2D eigenvalue weighted by atomic mass is 10.3. The fourth-order valence-corrected chi connectivity index (χ4v) is 4.92. The molecule has 3 aromatic rings. The molecule has 1 aromatic heterocycles. The van der Waals surface area contributed by atoms with E-state index in [1.165, 1.54) is 23.5 Å². The van der Waals surface area contributed by atoms with Crippen molar-refractivity contribution in [1.82, 2.24) is 4.98 Å². The van der Waals surface area contributed by atoms with Crippen LogP contribution in [0.15, 0.2) is 51.8 Å². The normalized spacial score (nSPS) is 11.7. The number of aromatic nitrogens is 1. The number of fused-ring (bicyclic) bond motifs is 1. The van der Waals surface area contributed by atoms with Crippen LogP contribution in [0.4, 0.5) is 5.13 Å². The van der Waals surface area contributed by atoms with E-state index in [0.717, 1.165) is 10.2 Å². The Kier molecular flexibility index (Phi) is 3.92. The Morgan fingerprint density at radius 1 is 1.19 bits per heavy atom. The molecule has 108 valence electrons. The van der Waals surface area contributed by atoms with Crippen LogP contribution in [0.2, 0.25) is 5.02 Å². The van der Waals surface area contributed by atoms with Gasteiger partial charge in [-0.1, -0.05) is 51.0 Å². The van der Waals surface area contributed by atoms with Crippen molar-refractivity contribution in [1.29, 1.82) is 0 Å². The van der Waals surface area contributed by atoms with Crippen LogP contribution < -0.4 is 4.72 Å². The molecule has 0 atom stereocenters. The van der Waals surface area contributed by atoms with Crippen molar-refractivity contribution in [2.24, 2.45) is 0 Å². The molecule has 0 aliphatic carbocycles. The van der Waals surface area contributed by atoms with Gasteiger partial charge in [-0.2, -0.15) is 0 Å². The number of halogens is 2. The Hall–Kier alpha value is -1.15. The van der Waals surface area contributed by atoms with Crippen LogP contribution >= 0.6 is 38.9 Å². The summed E-state index contributed by atoms with van der Waals surface area (Å²) >= 11 is 10.5. The Morgan fingerprint density at radius 2 is 1.95 bits per heavy atom. The molecule has 0 unspecified atom stereocenters. The smallest absolute Gasteiger partial charge is 0.255 e. The van der Waals surface area contributed by atoms with Crippen LogP contribution in [0.3, 0.4) is 0 Å². The van der Waals surface area contributed by atoms with Gasteiger partial charge in [0.05, 0.1) is 15.2 Å². The number of hydrogen-bond donors (Lipinski definition) is 1. The highest BCUT2D eigenvalue weighted by molar-refractivity contribution is 9.10. The zero-order valence-electron chi connectivity index (χ0n) is 10.4. The zero-order valence-corrected chi connectivity index (χ0v) is 14.4. The van der Waals surface area contributed by atoms with Crippen molar-refractivity contribution in [2.75, 3.05) is 4.72 Å². The van der Waals surface area contributed by atoms with E-state index in [1.807, 2.05) is 24.3 Å². The zero-order chi connectivity index (χ0) is 15.0. The summed E-state index contributed by atoms with van der Waals surface area (Å²) in [7, 11) is -3.76. The molecule has 0 amide bonds. The van der Waals surface area contributed by atoms with Gasteiger partial charge in [-0.05, 0) is 30.3 Å². The molecule has 0 spiro atoms. The molecule has 3 rings (SSSR count). The SMILES string of the molecule is O=S(=O)(Nc1nc2ccccc2s1)c1ccc(Br)cc1Cl. The van der Waals surface area contributed by atoms with E-state index in [0.29, 0.717) is 9.60 Å². The van der Waals surface area contributed by atoms with Gasteiger partial charge in [-0.3, -0.25) is 4.72 Å². The van der Waals surface area contributed by atoms with Crippen molar-refractivity contribution in [2.45, 2.75) is 4.90 Å². The summed E-state index contributed by atoms with van der Waals surface area (Å²) in [4.78, 5) is 4.27. The summed E-state index contributed by atoms with van der Waals surface area (Å²) in [6.45, 7) is 0. The van der Waals surface area contributed by atoms with Crippen LogP contribution in [0, 0.1) is 0 Å². The average Bonchev–Trinajstić information content (AvgIpc) is 2.79. The summed E-state index contributed by atoms with van der Waals surface area (Å²) in [6, 6.07) is 12.1. The van der Waals surface area contributed by atoms with Crippen molar-refractivity contribution in [3.05, 3.63) is 52.0 Å². The van der Waals surface area contributed by atoms with Gasteiger partial charge in [0.25, 0.3) is 10.0 Å². The lowest BCUT2D eigenvalue weighted by Gasteiger charge is -2.07. The molecule has 1 N–H and O–H groups in total. The van der Waals surface area contributed by atoms with Crippen molar-refractivity contribution in [3.8, 4) is 0 Å². The van der Waals surface area contributed by atoms with Gasteiger partial charge in [0.15, 0.2) is 5.13 Å². The second-order valence-corrected chi connectivity index (χ2v) is 8.17. The molecule has 0 radical (unpaired) electrons. The number of benzene rings is 2. The van der Waals surface area contributed by atoms with E-state index in [9.17, 15) is 8.42 Å². The number of sulfonamides is 1. The molecule has 21 heavy (non-hydrogen) atoms. The minimum absolute atomic E-state index is 0.0200. The number of thiazole rings is 1. The summed E-state index contributed by atoms with van der Waals surface area (Å²) < 4.78 is 28.8. The molecule has 0 aliphatic heterocycles. The molecule has 2 aromatic carbocycles. The molecular formula is C13H8BrClN2O2S2. The third-order valence-corrected chi connectivity index (χ3v) is 6.10. The molecule has 0 saturated carbocycles. The number of nitrogens with one attached hydrogen (secondary N) is 1. The fourth-order valence-electron chi connectivity index (χ4n) is 1.78. The maximum Gasteiger partial charge on any atom is 0.265 e. The van der Waals surface area contributed by atoms with Gasteiger partial charge in [0, 0.05) is 4.47 Å². The predicted octanol–water partition coefficient (Wildman–Crippen LogP) is 4.51. The predicted molar refractivity (Wildman–Crippen MR) is 89.6 cm³/mol. The van der Waals surface area contributed by atoms with Crippen LogP contribution in [0.25, 0.3) is 10.2 Å². The lowest BCUT2D eigenvalue weighted by molar-refractivity contribution is 0.601. The van der Waals surface area contributed by atoms with E-state index < -0.39 is 10.0 Å². The van der Waals surface area contributed by atoms with Crippen molar-refractivity contribution in [3.63, 3.8) is 0 Å². The quantitative estimate of drug-likeness (QED) is 0.700. The number of nitrogens with zero attached hydrogens (tertiary/aromatic N) is 1. The Labute approximate surface area is 139 Å². The highest BCUT2D eigenvalue weighted by atomic mass is 79.9. The molecular weight excluding hydrogens is 396 g/mol. The summed E-state index contributed by atoms with van der Waals surface area (Å²) in [5.74, 6) is 0. The molecule has 0 saturated heterocycles. The summed E-state index contributed by atoms with van der Waals surface area (Å²) in [5, 5.41) is 0.466. The van der Waals surface area contributed by atoms with Crippen LogP contribution in [-0.2, 0) is 10.0 Å². The van der Waals surface area contributed by atoms with Crippen molar-refractivity contribution >= 4 is 64.2 Å². The summed E-state index contributed by atoms with van der Waals surface area (Å²) in [5.41, 5.74) is 0.752. The molecule has 0 bridgehead atoms. The van der Waals surface area contributed by atoms with Crippen molar-refractivity contribution < 1.29 is 8.42 Å². The van der Waals surface area contributed by atoms with E-state index in [-0.39, 0.29) is 9.92 Å². The number of hydrogen-bond acceptors (Lipinski definition) is 4. The van der Waals surface area contributed by atoms with Gasteiger partial charge in [0.1, 0.15) is 4.90 Å². The van der Waals surface area contributed by atoms with Crippen LogP contribution in [0.5, 0.6) is 0 Å². The Morgan fingerprint density at radius 3 is 2.67 bits per heavy atom. The first kappa shape index (κ1) is 14.8. The van der Waals surface area contributed by atoms with Gasteiger partial charge in [-0.15, -0.1) is 0 Å². The number of para-hydroxylation sites is 1. The topological polar surface area (TPSA) is 59.1 Å². The second kappa shape index (κ2) is 5.57. The lowest BCUT2D eigenvalue weighted by Crippen LogP contribution is -2.13. The van der Waals surface area contributed by atoms with Gasteiger partial charge in [0.2, 0.25) is 0 Å². The Balaban J connectivity index is 1.99. The first-order valence-electron chi connectivity index (χ1n) is 5.79. The third kappa shape index (κ3) is 3.06. The number of rotatable bonds is 3. The van der Waals surface area contributed by atoms with Gasteiger partial charge >= 0.3 is 0 Å². The molecule has 4 nitrogen and oxygen atoms in total. The maximum absolute atomic E-state index is 12.4. The van der Waals surface area contributed by atoms with E-state index in [1.54, 1.807) is 6.07 Å². The average molecular weight is 404 g/mol. The standard InChI is InChI=1S/C13H8BrClN2O2S2/c14-8-5-6-12(9(15)7-8)21(18,19)17-13-16-10-3-1-2-4-11(10)20-13/h1-7H,(H,16,17). The highest BCUT2D eigenvalue weighted by Gasteiger charge is 2.19. The third-order valence-electron chi connectivity index (χ3n) is 2.70. The van der Waals surface area contributed by atoms with Gasteiger partial charge in [-0.25, -0.2) is 13.4 Å². The maximum atomic E-state index is 12.4. The van der Waals surface area contributed by atoms with E-state index in [2.05, 4.69) is 25.6 Å². The fraction of sp³-hybridized carbons (Fsp3) is 0. The largest absolute Gasteiger partial charge is 0.265 e. The monoisotopic (exact) mass is 402 g/mol. The van der Waals surface area contributed by atoms with Crippen LogP contribution in [-0.4, -0.2) is 13.4 Å².